The van der Waals surface area contributed by atoms with E-state index in [4.69, 9.17) is 0 Å². The quantitative estimate of drug-likeness (QED) is 0.691. The minimum absolute atomic E-state index is 0.529. The summed E-state index contributed by atoms with van der Waals surface area (Å²) in [6.07, 6.45) is 2.10. The molecule has 1 atom stereocenters. The van der Waals surface area contributed by atoms with Gasteiger partial charge < -0.3 is 5.32 Å². The fourth-order valence-corrected chi connectivity index (χ4v) is 1.91. The van der Waals surface area contributed by atoms with Gasteiger partial charge in [-0.2, -0.15) is 0 Å². The summed E-state index contributed by atoms with van der Waals surface area (Å²) >= 11 is 0. The van der Waals surface area contributed by atoms with Crippen molar-refractivity contribution in [1.29, 1.82) is 0 Å². The molecule has 1 saturated heterocycles. The lowest BCUT2D eigenvalue weighted by Crippen LogP contribution is -2.09. The molecule has 1 aliphatic rings. The molecule has 1 N–H and O–H groups in total. The molecular formula is C11H13NO. The fourth-order valence-electron chi connectivity index (χ4n) is 1.91. The van der Waals surface area contributed by atoms with E-state index >= 15 is 0 Å². The average Bonchev–Trinajstić information content (AvgIpc) is 2.70. The van der Waals surface area contributed by atoms with E-state index in [1.807, 2.05) is 18.2 Å². The topological polar surface area (TPSA) is 29.1 Å². The number of aldehydes is 1. The summed E-state index contributed by atoms with van der Waals surface area (Å²) in [7, 11) is 0. The van der Waals surface area contributed by atoms with E-state index in [1.54, 1.807) is 0 Å². The molecule has 0 aromatic heterocycles. The van der Waals surface area contributed by atoms with E-state index in [0.29, 0.717) is 5.92 Å². The first-order chi connectivity index (χ1) is 6.42. The van der Waals surface area contributed by atoms with Crippen molar-refractivity contribution in [3.63, 3.8) is 0 Å². The second-order valence-electron chi connectivity index (χ2n) is 3.44. The van der Waals surface area contributed by atoms with Crippen molar-refractivity contribution in [2.45, 2.75) is 12.3 Å². The molecule has 1 unspecified atom stereocenters. The molecule has 0 radical (unpaired) electrons. The van der Waals surface area contributed by atoms with Crippen molar-refractivity contribution >= 4 is 6.29 Å². The van der Waals surface area contributed by atoms with Crippen LogP contribution in [0.3, 0.4) is 0 Å². The predicted octanol–water partition coefficient (Wildman–Crippen LogP) is 1.58. The molecule has 1 aliphatic heterocycles. The van der Waals surface area contributed by atoms with Crippen molar-refractivity contribution in [1.82, 2.24) is 5.32 Å². The zero-order chi connectivity index (χ0) is 9.10. The summed E-state index contributed by atoms with van der Waals surface area (Å²) < 4.78 is 0. The summed E-state index contributed by atoms with van der Waals surface area (Å²) in [5.74, 6) is 0.529. The highest BCUT2D eigenvalue weighted by molar-refractivity contribution is 5.77. The zero-order valence-electron chi connectivity index (χ0n) is 7.49. The fraction of sp³-hybridized carbons (Fsp3) is 0.364. The van der Waals surface area contributed by atoms with E-state index < -0.39 is 0 Å². The van der Waals surface area contributed by atoms with Gasteiger partial charge in [-0.3, -0.25) is 4.79 Å². The third-order valence-electron chi connectivity index (χ3n) is 2.62. The Kier molecular flexibility index (Phi) is 2.41. The summed E-state index contributed by atoms with van der Waals surface area (Å²) in [6.45, 7) is 2.07. The van der Waals surface area contributed by atoms with Gasteiger partial charge in [0.25, 0.3) is 0 Å². The number of hydrogen-bond donors (Lipinski definition) is 1. The number of carbonyl (C=O) groups excluding carboxylic acids is 1. The van der Waals surface area contributed by atoms with Gasteiger partial charge in [0.05, 0.1) is 0 Å². The Labute approximate surface area is 78.0 Å². The van der Waals surface area contributed by atoms with Gasteiger partial charge in [-0.15, -0.1) is 0 Å². The number of rotatable bonds is 2. The molecule has 2 rings (SSSR count). The third-order valence-corrected chi connectivity index (χ3v) is 2.62. The van der Waals surface area contributed by atoms with Gasteiger partial charge in [0.15, 0.2) is 0 Å². The maximum absolute atomic E-state index is 10.8. The molecule has 2 heteroatoms. The second kappa shape index (κ2) is 3.71. The minimum Gasteiger partial charge on any atom is -0.316 e. The lowest BCUT2D eigenvalue weighted by atomic mass is 9.94. The van der Waals surface area contributed by atoms with Crippen molar-refractivity contribution in [3.8, 4) is 0 Å². The van der Waals surface area contributed by atoms with Crippen LogP contribution >= 0.6 is 0 Å². The molecule has 68 valence electrons. The molecule has 1 aromatic carbocycles. The van der Waals surface area contributed by atoms with Crippen molar-refractivity contribution < 1.29 is 4.79 Å². The van der Waals surface area contributed by atoms with E-state index in [-0.39, 0.29) is 0 Å². The molecule has 1 heterocycles. The van der Waals surface area contributed by atoms with Crippen LogP contribution in [0.25, 0.3) is 0 Å². The van der Waals surface area contributed by atoms with E-state index in [9.17, 15) is 4.79 Å². The van der Waals surface area contributed by atoms with Crippen LogP contribution < -0.4 is 5.32 Å². The van der Waals surface area contributed by atoms with Gasteiger partial charge in [-0.1, -0.05) is 24.3 Å². The molecule has 1 fully saturated rings. The largest absolute Gasteiger partial charge is 0.316 e. The van der Waals surface area contributed by atoms with E-state index in [2.05, 4.69) is 11.4 Å². The van der Waals surface area contributed by atoms with Crippen LogP contribution in [0, 0.1) is 0 Å². The Morgan fingerprint density at radius 2 is 2.23 bits per heavy atom. The Morgan fingerprint density at radius 1 is 1.38 bits per heavy atom. The molecule has 0 bridgehead atoms. The lowest BCUT2D eigenvalue weighted by molar-refractivity contribution is 0.112. The van der Waals surface area contributed by atoms with Gasteiger partial charge in [0.1, 0.15) is 6.29 Å². The van der Waals surface area contributed by atoms with Crippen LogP contribution in [0.4, 0.5) is 0 Å². The Bertz CT molecular complexity index is 303. The summed E-state index contributed by atoms with van der Waals surface area (Å²) in [6, 6.07) is 7.86. The van der Waals surface area contributed by atoms with Gasteiger partial charge in [0, 0.05) is 12.1 Å². The van der Waals surface area contributed by atoms with Crippen molar-refractivity contribution in [2.24, 2.45) is 0 Å². The van der Waals surface area contributed by atoms with E-state index in [0.717, 1.165) is 31.4 Å². The first-order valence-corrected chi connectivity index (χ1v) is 4.66. The Balaban J connectivity index is 2.31. The predicted molar refractivity (Wildman–Crippen MR) is 52.1 cm³/mol. The monoisotopic (exact) mass is 175 g/mol. The highest BCUT2D eigenvalue weighted by atomic mass is 16.1. The van der Waals surface area contributed by atoms with E-state index in [1.165, 1.54) is 5.56 Å². The highest BCUT2D eigenvalue weighted by Gasteiger charge is 2.18. The van der Waals surface area contributed by atoms with Gasteiger partial charge in [0.2, 0.25) is 0 Å². The number of hydrogen-bond acceptors (Lipinski definition) is 2. The maximum atomic E-state index is 10.8. The van der Waals surface area contributed by atoms with Gasteiger partial charge >= 0.3 is 0 Å². The second-order valence-corrected chi connectivity index (χ2v) is 3.44. The van der Waals surface area contributed by atoms with Gasteiger partial charge in [-0.05, 0) is 24.4 Å². The minimum atomic E-state index is 0.529. The van der Waals surface area contributed by atoms with Crippen LogP contribution in [0.1, 0.15) is 28.3 Å². The first-order valence-electron chi connectivity index (χ1n) is 4.66. The normalized spacial score (nSPS) is 21.7. The maximum Gasteiger partial charge on any atom is 0.150 e. The smallest absolute Gasteiger partial charge is 0.150 e. The summed E-state index contributed by atoms with van der Waals surface area (Å²) in [4.78, 5) is 10.8. The Hall–Kier alpha value is -1.15. The molecule has 1 aromatic rings. The average molecular weight is 175 g/mol. The van der Waals surface area contributed by atoms with Crippen molar-refractivity contribution in [3.05, 3.63) is 35.4 Å². The molecule has 0 amide bonds. The molecule has 0 spiro atoms. The van der Waals surface area contributed by atoms with Crippen LogP contribution in [-0.4, -0.2) is 19.4 Å². The zero-order valence-corrected chi connectivity index (χ0v) is 7.49. The molecular weight excluding hydrogens is 162 g/mol. The number of benzene rings is 1. The SMILES string of the molecule is O=Cc1ccccc1C1CCNC1. The standard InChI is InChI=1S/C11H13NO/c13-8-10-3-1-2-4-11(10)9-5-6-12-7-9/h1-4,8-9,12H,5-7H2. The van der Waals surface area contributed by atoms with Crippen LogP contribution in [0.5, 0.6) is 0 Å². The molecule has 0 aliphatic carbocycles. The van der Waals surface area contributed by atoms with Crippen molar-refractivity contribution in [2.75, 3.05) is 13.1 Å². The molecule has 2 nitrogen and oxygen atoms in total. The summed E-state index contributed by atoms with van der Waals surface area (Å²) in [5, 5.41) is 3.31. The first kappa shape index (κ1) is 8.45. The number of carbonyl (C=O) groups is 1. The van der Waals surface area contributed by atoms with Crippen LogP contribution in [0.2, 0.25) is 0 Å². The Morgan fingerprint density at radius 3 is 2.92 bits per heavy atom. The molecule has 0 saturated carbocycles. The highest BCUT2D eigenvalue weighted by Crippen LogP contribution is 2.24. The summed E-state index contributed by atoms with van der Waals surface area (Å²) in [5.41, 5.74) is 2.04. The van der Waals surface area contributed by atoms with Crippen LogP contribution in [0.15, 0.2) is 24.3 Å². The third kappa shape index (κ3) is 1.63. The molecule has 13 heavy (non-hydrogen) atoms. The number of nitrogens with one attached hydrogen (secondary N) is 1. The lowest BCUT2D eigenvalue weighted by Gasteiger charge is -2.10. The van der Waals surface area contributed by atoms with Crippen LogP contribution in [-0.2, 0) is 0 Å². The van der Waals surface area contributed by atoms with Gasteiger partial charge in [-0.25, -0.2) is 0 Å².